The minimum absolute atomic E-state index is 0.0261. The summed E-state index contributed by atoms with van der Waals surface area (Å²) >= 11 is 5.71. The van der Waals surface area contributed by atoms with Gasteiger partial charge >= 0.3 is 0 Å². The average Bonchev–Trinajstić information content (AvgIpc) is 2.79. The molecule has 2 rings (SSSR count). The SMILES string of the molecule is Cc1nc(Cl)cc(=O)n1C(C)C(=O)N1CCCC1. The minimum Gasteiger partial charge on any atom is -0.341 e. The van der Waals surface area contributed by atoms with Gasteiger partial charge in [-0.2, -0.15) is 0 Å². The Hall–Kier alpha value is -1.36. The monoisotopic (exact) mass is 269 g/mol. The number of hydrogen-bond acceptors (Lipinski definition) is 3. The van der Waals surface area contributed by atoms with Gasteiger partial charge in [-0.05, 0) is 26.7 Å². The van der Waals surface area contributed by atoms with Crippen molar-refractivity contribution in [2.75, 3.05) is 13.1 Å². The van der Waals surface area contributed by atoms with Crippen molar-refractivity contribution in [3.05, 3.63) is 27.4 Å². The largest absolute Gasteiger partial charge is 0.341 e. The number of carbonyl (C=O) groups is 1. The van der Waals surface area contributed by atoms with E-state index in [2.05, 4.69) is 4.98 Å². The van der Waals surface area contributed by atoms with Crippen LogP contribution in [0, 0.1) is 6.92 Å². The predicted octanol–water partition coefficient (Wildman–Crippen LogP) is 1.39. The molecule has 5 nitrogen and oxygen atoms in total. The van der Waals surface area contributed by atoms with E-state index in [4.69, 9.17) is 11.6 Å². The zero-order valence-electron chi connectivity index (χ0n) is 10.5. The Balaban J connectivity index is 2.31. The van der Waals surface area contributed by atoms with Crippen LogP contribution < -0.4 is 5.56 Å². The third kappa shape index (κ3) is 2.41. The maximum Gasteiger partial charge on any atom is 0.255 e. The van der Waals surface area contributed by atoms with Crippen LogP contribution in [0.2, 0.25) is 5.15 Å². The van der Waals surface area contributed by atoms with E-state index >= 15 is 0 Å². The molecule has 1 atom stereocenters. The van der Waals surface area contributed by atoms with Crippen LogP contribution in [0.3, 0.4) is 0 Å². The molecule has 1 aliphatic heterocycles. The summed E-state index contributed by atoms with van der Waals surface area (Å²) in [5, 5.41) is 0.162. The van der Waals surface area contributed by atoms with E-state index in [9.17, 15) is 9.59 Å². The van der Waals surface area contributed by atoms with Crippen molar-refractivity contribution in [1.82, 2.24) is 14.5 Å². The van der Waals surface area contributed by atoms with E-state index in [1.807, 2.05) is 0 Å². The fraction of sp³-hybridized carbons (Fsp3) is 0.583. The normalized spacial score (nSPS) is 16.9. The molecule has 0 N–H and O–H groups in total. The highest BCUT2D eigenvalue weighted by molar-refractivity contribution is 6.29. The summed E-state index contributed by atoms with van der Waals surface area (Å²) in [6.45, 7) is 4.96. The second-order valence-corrected chi connectivity index (χ2v) is 4.93. The molecule has 1 fully saturated rings. The molecule has 0 saturated carbocycles. The fourth-order valence-corrected chi connectivity index (χ4v) is 2.57. The van der Waals surface area contributed by atoms with E-state index in [1.165, 1.54) is 10.6 Å². The first-order valence-electron chi connectivity index (χ1n) is 6.05. The molecule has 0 radical (unpaired) electrons. The Morgan fingerprint density at radius 2 is 2.06 bits per heavy atom. The molecule has 2 heterocycles. The van der Waals surface area contributed by atoms with Gasteiger partial charge < -0.3 is 4.90 Å². The average molecular weight is 270 g/mol. The first-order chi connectivity index (χ1) is 8.50. The number of amides is 1. The number of aromatic nitrogens is 2. The number of carbonyl (C=O) groups excluding carboxylic acids is 1. The van der Waals surface area contributed by atoms with Gasteiger partial charge in [0.2, 0.25) is 5.91 Å². The molecule has 1 amide bonds. The van der Waals surface area contributed by atoms with Crippen LogP contribution in [0.4, 0.5) is 0 Å². The number of aryl methyl sites for hydroxylation is 1. The van der Waals surface area contributed by atoms with Gasteiger partial charge in [0.15, 0.2) is 0 Å². The zero-order chi connectivity index (χ0) is 13.3. The van der Waals surface area contributed by atoms with E-state index in [0.717, 1.165) is 25.9 Å². The molecule has 18 heavy (non-hydrogen) atoms. The van der Waals surface area contributed by atoms with Crippen molar-refractivity contribution in [2.24, 2.45) is 0 Å². The van der Waals surface area contributed by atoms with Gasteiger partial charge in [0, 0.05) is 19.2 Å². The van der Waals surface area contributed by atoms with Crippen molar-refractivity contribution >= 4 is 17.5 Å². The van der Waals surface area contributed by atoms with Gasteiger partial charge in [-0.15, -0.1) is 0 Å². The summed E-state index contributed by atoms with van der Waals surface area (Å²) in [5.74, 6) is 0.439. The lowest BCUT2D eigenvalue weighted by Crippen LogP contribution is -2.38. The number of hydrogen-bond donors (Lipinski definition) is 0. The van der Waals surface area contributed by atoms with Crippen LogP contribution in [0.25, 0.3) is 0 Å². The maximum atomic E-state index is 12.2. The standard InChI is InChI=1S/C12H16ClN3O2/c1-8(12(18)15-5-3-4-6-15)16-9(2)14-10(13)7-11(16)17/h7-8H,3-6H2,1-2H3. The maximum absolute atomic E-state index is 12.2. The van der Waals surface area contributed by atoms with Crippen LogP contribution in [0.15, 0.2) is 10.9 Å². The highest BCUT2D eigenvalue weighted by Crippen LogP contribution is 2.15. The Bertz CT molecular complexity index is 521. The molecular weight excluding hydrogens is 254 g/mol. The van der Waals surface area contributed by atoms with Crippen molar-refractivity contribution in [2.45, 2.75) is 32.7 Å². The molecule has 6 heteroatoms. The number of likely N-dealkylation sites (tertiary alicyclic amines) is 1. The third-order valence-corrected chi connectivity index (χ3v) is 3.45. The quantitative estimate of drug-likeness (QED) is 0.763. The van der Waals surface area contributed by atoms with Gasteiger partial charge in [0.25, 0.3) is 5.56 Å². The molecule has 0 bridgehead atoms. The van der Waals surface area contributed by atoms with Crippen LogP contribution in [0.5, 0.6) is 0 Å². The topological polar surface area (TPSA) is 55.2 Å². The second kappa shape index (κ2) is 5.10. The van der Waals surface area contributed by atoms with Crippen LogP contribution >= 0.6 is 11.6 Å². The highest BCUT2D eigenvalue weighted by Gasteiger charge is 2.26. The van der Waals surface area contributed by atoms with Crippen molar-refractivity contribution in [3.8, 4) is 0 Å². The Labute approximate surface area is 110 Å². The molecule has 1 unspecified atom stereocenters. The Kier molecular flexibility index (Phi) is 3.71. The Morgan fingerprint density at radius 1 is 1.44 bits per heavy atom. The second-order valence-electron chi connectivity index (χ2n) is 4.54. The third-order valence-electron chi connectivity index (χ3n) is 3.26. The molecule has 1 aromatic heterocycles. The van der Waals surface area contributed by atoms with Crippen LogP contribution in [-0.4, -0.2) is 33.4 Å². The smallest absolute Gasteiger partial charge is 0.255 e. The molecule has 98 valence electrons. The zero-order valence-corrected chi connectivity index (χ0v) is 11.3. The van der Waals surface area contributed by atoms with Crippen LogP contribution in [-0.2, 0) is 4.79 Å². The molecule has 0 spiro atoms. The molecule has 1 aromatic rings. The summed E-state index contributed by atoms with van der Waals surface area (Å²) in [5.41, 5.74) is -0.285. The summed E-state index contributed by atoms with van der Waals surface area (Å²) in [4.78, 5) is 29.9. The van der Waals surface area contributed by atoms with E-state index in [0.29, 0.717) is 5.82 Å². The first kappa shape index (κ1) is 13.1. The van der Waals surface area contributed by atoms with Gasteiger partial charge in [0.1, 0.15) is 17.0 Å². The summed E-state index contributed by atoms with van der Waals surface area (Å²) in [6, 6.07) is 0.711. The summed E-state index contributed by atoms with van der Waals surface area (Å²) < 4.78 is 1.40. The fourth-order valence-electron chi connectivity index (χ4n) is 2.35. The van der Waals surface area contributed by atoms with E-state index in [-0.39, 0.29) is 16.6 Å². The van der Waals surface area contributed by atoms with E-state index in [1.54, 1.807) is 18.7 Å². The number of nitrogens with zero attached hydrogens (tertiary/aromatic N) is 3. The molecule has 1 saturated heterocycles. The van der Waals surface area contributed by atoms with Crippen molar-refractivity contribution < 1.29 is 4.79 Å². The lowest BCUT2D eigenvalue weighted by molar-refractivity contribution is -0.133. The molecule has 1 aliphatic rings. The molecule has 0 aliphatic carbocycles. The molecular formula is C12H16ClN3O2. The van der Waals surface area contributed by atoms with Gasteiger partial charge in [0.05, 0.1) is 0 Å². The lowest BCUT2D eigenvalue weighted by Gasteiger charge is -2.22. The minimum atomic E-state index is -0.527. The summed E-state index contributed by atoms with van der Waals surface area (Å²) in [7, 11) is 0. The van der Waals surface area contributed by atoms with Crippen molar-refractivity contribution in [3.63, 3.8) is 0 Å². The van der Waals surface area contributed by atoms with Crippen LogP contribution in [0.1, 0.15) is 31.6 Å². The lowest BCUT2D eigenvalue weighted by atomic mass is 10.2. The molecule has 0 aromatic carbocycles. The highest BCUT2D eigenvalue weighted by atomic mass is 35.5. The van der Waals surface area contributed by atoms with Gasteiger partial charge in [-0.25, -0.2) is 4.98 Å². The Morgan fingerprint density at radius 3 is 2.61 bits per heavy atom. The summed E-state index contributed by atoms with van der Waals surface area (Å²) in [6.07, 6.45) is 2.07. The number of rotatable bonds is 2. The first-order valence-corrected chi connectivity index (χ1v) is 6.43. The predicted molar refractivity (Wildman–Crippen MR) is 68.8 cm³/mol. The van der Waals surface area contributed by atoms with E-state index < -0.39 is 6.04 Å². The number of halogens is 1. The van der Waals surface area contributed by atoms with Gasteiger partial charge in [-0.1, -0.05) is 11.6 Å². The van der Waals surface area contributed by atoms with Gasteiger partial charge in [-0.3, -0.25) is 14.2 Å². The van der Waals surface area contributed by atoms with Crippen molar-refractivity contribution in [1.29, 1.82) is 0 Å².